The van der Waals surface area contributed by atoms with Crippen LogP contribution in [-0.2, 0) is 11.4 Å². The van der Waals surface area contributed by atoms with Gasteiger partial charge in [-0.15, -0.1) is 11.6 Å². The van der Waals surface area contributed by atoms with Crippen LogP contribution in [0.2, 0.25) is 0 Å². The molecule has 0 amide bonds. The molecule has 1 saturated carbocycles. The predicted molar refractivity (Wildman–Crippen MR) is 76.1 cm³/mol. The summed E-state index contributed by atoms with van der Waals surface area (Å²) in [6.45, 7) is 4.40. The van der Waals surface area contributed by atoms with E-state index in [0.717, 1.165) is 17.8 Å². The third-order valence-electron chi connectivity index (χ3n) is 4.49. The van der Waals surface area contributed by atoms with Crippen molar-refractivity contribution in [1.82, 2.24) is 9.55 Å². The van der Waals surface area contributed by atoms with Gasteiger partial charge in [-0.2, -0.15) is 0 Å². The van der Waals surface area contributed by atoms with E-state index >= 15 is 0 Å². The van der Waals surface area contributed by atoms with E-state index < -0.39 is 0 Å². The summed E-state index contributed by atoms with van der Waals surface area (Å²) in [5, 5.41) is 0. The van der Waals surface area contributed by atoms with Crippen LogP contribution in [-0.4, -0.2) is 9.55 Å². The van der Waals surface area contributed by atoms with Gasteiger partial charge in [0.25, 0.3) is 0 Å². The first-order chi connectivity index (χ1) is 8.72. The van der Waals surface area contributed by atoms with Crippen LogP contribution >= 0.6 is 11.6 Å². The van der Waals surface area contributed by atoms with Crippen molar-refractivity contribution < 1.29 is 0 Å². The Hall–Kier alpha value is -1.02. The number of hydrogen-bond donors (Lipinski definition) is 0. The zero-order valence-corrected chi connectivity index (χ0v) is 11.8. The van der Waals surface area contributed by atoms with E-state index in [0.29, 0.717) is 5.88 Å². The topological polar surface area (TPSA) is 17.8 Å². The maximum atomic E-state index is 6.12. The first-order valence-electron chi connectivity index (χ1n) is 6.75. The third kappa shape index (κ3) is 1.51. The Labute approximate surface area is 113 Å². The molecule has 96 valence electrons. The van der Waals surface area contributed by atoms with Gasteiger partial charge in [-0.3, -0.25) is 0 Å². The Bertz CT molecular complexity index is 576. The second-order valence-corrected chi connectivity index (χ2v) is 5.64. The van der Waals surface area contributed by atoms with Crippen molar-refractivity contribution in [2.75, 3.05) is 0 Å². The number of imidazole rings is 1. The van der Waals surface area contributed by atoms with E-state index in [1.807, 2.05) is 0 Å². The number of benzene rings is 1. The van der Waals surface area contributed by atoms with E-state index in [9.17, 15) is 0 Å². The first-order valence-corrected chi connectivity index (χ1v) is 7.29. The minimum absolute atomic E-state index is 0.271. The molecule has 0 bridgehead atoms. The quantitative estimate of drug-likeness (QED) is 0.751. The molecule has 0 atom stereocenters. The summed E-state index contributed by atoms with van der Waals surface area (Å²) in [4.78, 5) is 4.76. The van der Waals surface area contributed by atoms with Gasteiger partial charge in [0.15, 0.2) is 0 Å². The van der Waals surface area contributed by atoms with E-state index in [1.165, 1.54) is 30.3 Å². The zero-order valence-electron chi connectivity index (χ0n) is 11.0. The molecular weight excluding hydrogens is 244 g/mol. The molecule has 0 radical (unpaired) electrons. The summed E-state index contributed by atoms with van der Waals surface area (Å²) in [5.41, 5.74) is 3.88. The highest BCUT2D eigenvalue weighted by Crippen LogP contribution is 2.45. The Morgan fingerprint density at radius 2 is 2.17 bits per heavy atom. The summed E-state index contributed by atoms with van der Waals surface area (Å²) < 4.78 is 2.42. The van der Waals surface area contributed by atoms with Crippen LogP contribution in [0.4, 0.5) is 0 Å². The lowest BCUT2D eigenvalue weighted by atomic mass is 9.74. The largest absolute Gasteiger partial charge is 0.321 e. The van der Waals surface area contributed by atoms with E-state index in [1.54, 1.807) is 0 Å². The molecule has 0 spiro atoms. The molecule has 1 fully saturated rings. The van der Waals surface area contributed by atoms with Crippen molar-refractivity contribution in [2.24, 2.45) is 0 Å². The smallest absolute Gasteiger partial charge is 0.125 e. The van der Waals surface area contributed by atoms with Crippen LogP contribution in [0.5, 0.6) is 0 Å². The molecule has 1 aromatic heterocycles. The molecule has 18 heavy (non-hydrogen) atoms. The molecular formula is C15H19ClN2. The van der Waals surface area contributed by atoms with E-state index in [-0.39, 0.29) is 5.54 Å². The monoisotopic (exact) mass is 262 g/mol. The van der Waals surface area contributed by atoms with Crippen molar-refractivity contribution in [2.45, 2.75) is 50.9 Å². The van der Waals surface area contributed by atoms with Gasteiger partial charge in [-0.05, 0) is 44.2 Å². The van der Waals surface area contributed by atoms with E-state index in [2.05, 4.69) is 36.6 Å². The fraction of sp³-hybridized carbons (Fsp3) is 0.533. The molecule has 2 nitrogen and oxygen atoms in total. The standard InChI is InChI=1S/C15H19ClN2/c1-3-15(8-5-9-15)18-12-7-4-6-11(2)14(12)17-13(18)10-16/h4,6-7H,3,5,8-10H2,1-2H3. The molecule has 1 heterocycles. The number of nitrogens with zero attached hydrogens (tertiary/aromatic N) is 2. The zero-order chi connectivity index (χ0) is 12.8. The van der Waals surface area contributed by atoms with Crippen molar-refractivity contribution in [1.29, 1.82) is 0 Å². The summed E-state index contributed by atoms with van der Waals surface area (Å²) in [5.74, 6) is 1.53. The summed E-state index contributed by atoms with van der Waals surface area (Å²) in [6.07, 6.45) is 5.00. The minimum Gasteiger partial charge on any atom is -0.321 e. The number of hydrogen-bond acceptors (Lipinski definition) is 1. The molecule has 3 heteroatoms. The van der Waals surface area contributed by atoms with Crippen LogP contribution in [0, 0.1) is 6.92 Å². The number of alkyl halides is 1. The Balaban J connectivity index is 2.29. The van der Waals surface area contributed by atoms with Crippen molar-refractivity contribution in [3.8, 4) is 0 Å². The highest BCUT2D eigenvalue weighted by atomic mass is 35.5. The molecule has 1 aliphatic carbocycles. The number of aryl methyl sites for hydroxylation is 1. The fourth-order valence-corrected chi connectivity index (χ4v) is 3.41. The van der Waals surface area contributed by atoms with Gasteiger partial charge in [0.1, 0.15) is 5.82 Å². The van der Waals surface area contributed by atoms with Gasteiger partial charge in [0, 0.05) is 5.54 Å². The number of rotatable bonds is 3. The summed E-state index contributed by atoms with van der Waals surface area (Å²) in [7, 11) is 0. The molecule has 0 aliphatic heterocycles. The number of para-hydroxylation sites is 1. The average Bonchev–Trinajstić information content (AvgIpc) is 2.70. The van der Waals surface area contributed by atoms with Gasteiger partial charge >= 0.3 is 0 Å². The Morgan fingerprint density at radius 3 is 2.72 bits per heavy atom. The number of aromatic nitrogens is 2. The molecule has 1 aliphatic rings. The highest BCUT2D eigenvalue weighted by molar-refractivity contribution is 6.16. The Morgan fingerprint density at radius 1 is 1.39 bits per heavy atom. The van der Waals surface area contributed by atoms with Crippen LogP contribution in [0.1, 0.15) is 44.0 Å². The second kappa shape index (κ2) is 4.27. The first kappa shape index (κ1) is 12.0. The third-order valence-corrected chi connectivity index (χ3v) is 4.73. The number of fused-ring (bicyclic) bond motifs is 1. The molecule has 1 aromatic carbocycles. The molecule has 0 unspecified atom stereocenters. The average molecular weight is 263 g/mol. The predicted octanol–water partition coefficient (Wildman–Crippen LogP) is 4.37. The normalized spacial score (nSPS) is 17.9. The SMILES string of the molecule is CCC1(n2c(CCl)nc3c(C)cccc32)CCC1. The fourth-order valence-electron chi connectivity index (χ4n) is 3.23. The summed E-state index contributed by atoms with van der Waals surface area (Å²) >= 11 is 6.12. The van der Waals surface area contributed by atoms with Crippen LogP contribution < -0.4 is 0 Å². The van der Waals surface area contributed by atoms with Crippen LogP contribution in [0.25, 0.3) is 11.0 Å². The van der Waals surface area contributed by atoms with Gasteiger partial charge in [0.2, 0.25) is 0 Å². The van der Waals surface area contributed by atoms with Crippen LogP contribution in [0.3, 0.4) is 0 Å². The van der Waals surface area contributed by atoms with Gasteiger partial charge in [-0.25, -0.2) is 4.98 Å². The van der Waals surface area contributed by atoms with Crippen LogP contribution in [0.15, 0.2) is 18.2 Å². The van der Waals surface area contributed by atoms with Gasteiger partial charge < -0.3 is 4.57 Å². The maximum absolute atomic E-state index is 6.12. The lowest BCUT2D eigenvalue weighted by molar-refractivity contribution is 0.138. The van der Waals surface area contributed by atoms with Crippen molar-refractivity contribution >= 4 is 22.6 Å². The minimum atomic E-state index is 0.271. The van der Waals surface area contributed by atoms with Gasteiger partial charge in [0.05, 0.1) is 16.9 Å². The maximum Gasteiger partial charge on any atom is 0.125 e. The highest BCUT2D eigenvalue weighted by Gasteiger charge is 2.39. The lowest BCUT2D eigenvalue weighted by Crippen LogP contribution is -2.40. The molecule has 0 N–H and O–H groups in total. The Kier molecular flexibility index (Phi) is 2.86. The lowest BCUT2D eigenvalue weighted by Gasteiger charge is -2.44. The van der Waals surface area contributed by atoms with Crippen molar-refractivity contribution in [3.63, 3.8) is 0 Å². The molecule has 2 aromatic rings. The van der Waals surface area contributed by atoms with Gasteiger partial charge in [-0.1, -0.05) is 19.1 Å². The van der Waals surface area contributed by atoms with Crippen molar-refractivity contribution in [3.05, 3.63) is 29.6 Å². The molecule has 3 rings (SSSR count). The van der Waals surface area contributed by atoms with E-state index in [4.69, 9.17) is 16.6 Å². The number of halogens is 1. The second-order valence-electron chi connectivity index (χ2n) is 5.37. The summed E-state index contributed by atoms with van der Waals surface area (Å²) in [6, 6.07) is 6.42. The molecule has 0 saturated heterocycles.